The lowest BCUT2D eigenvalue weighted by Crippen LogP contribution is -2.38. The number of halogens is 5. The Morgan fingerprint density at radius 1 is 1.29 bits per heavy atom. The summed E-state index contributed by atoms with van der Waals surface area (Å²) >= 11 is 5.55. The standard InChI is InChI=1S/C9H9ClF3NO2.ClH/c10-4-1-2-6(15)5(3-4)7(14)8(16)9(11,12)13;/h1-3,7-8,15-16H,14H2;1H/t7-,8-;/m1./s1. The summed E-state index contributed by atoms with van der Waals surface area (Å²) in [7, 11) is 0. The Labute approximate surface area is 106 Å². The molecule has 1 aromatic rings. The Morgan fingerprint density at radius 3 is 2.29 bits per heavy atom. The van der Waals surface area contributed by atoms with Crippen LogP contribution in [0.4, 0.5) is 13.2 Å². The topological polar surface area (TPSA) is 66.5 Å². The van der Waals surface area contributed by atoms with Crippen molar-refractivity contribution in [1.82, 2.24) is 0 Å². The third-order valence-electron chi connectivity index (χ3n) is 2.02. The molecular formula is C9H10Cl2F3NO2. The lowest BCUT2D eigenvalue weighted by molar-refractivity contribution is -0.210. The summed E-state index contributed by atoms with van der Waals surface area (Å²) in [6.45, 7) is 0. The van der Waals surface area contributed by atoms with Crippen LogP contribution in [-0.4, -0.2) is 22.5 Å². The summed E-state index contributed by atoms with van der Waals surface area (Å²) in [4.78, 5) is 0. The third kappa shape index (κ3) is 3.92. The predicted molar refractivity (Wildman–Crippen MR) is 59.4 cm³/mol. The number of aliphatic hydroxyl groups is 1. The Hall–Kier alpha value is -0.690. The van der Waals surface area contributed by atoms with E-state index >= 15 is 0 Å². The molecule has 0 unspecified atom stereocenters. The molecule has 0 aliphatic heterocycles. The monoisotopic (exact) mass is 291 g/mol. The molecule has 1 aromatic carbocycles. The summed E-state index contributed by atoms with van der Waals surface area (Å²) < 4.78 is 36.5. The van der Waals surface area contributed by atoms with Gasteiger partial charge in [0.1, 0.15) is 5.75 Å². The lowest BCUT2D eigenvalue weighted by atomic mass is 10.0. The number of aromatic hydroxyl groups is 1. The summed E-state index contributed by atoms with van der Waals surface area (Å²) in [5.41, 5.74) is 4.95. The van der Waals surface area contributed by atoms with Gasteiger partial charge < -0.3 is 15.9 Å². The van der Waals surface area contributed by atoms with Crippen molar-refractivity contribution in [2.24, 2.45) is 5.73 Å². The van der Waals surface area contributed by atoms with Gasteiger partial charge in [-0.05, 0) is 18.2 Å². The van der Waals surface area contributed by atoms with E-state index in [1.54, 1.807) is 0 Å². The van der Waals surface area contributed by atoms with Crippen molar-refractivity contribution in [3.8, 4) is 5.75 Å². The predicted octanol–water partition coefficient (Wildman–Crippen LogP) is 2.39. The molecule has 1 rings (SSSR count). The number of phenols is 1. The molecule has 0 radical (unpaired) electrons. The maximum Gasteiger partial charge on any atom is 0.416 e. The van der Waals surface area contributed by atoms with E-state index < -0.39 is 24.1 Å². The Morgan fingerprint density at radius 2 is 1.82 bits per heavy atom. The summed E-state index contributed by atoms with van der Waals surface area (Å²) in [5, 5.41) is 18.3. The molecule has 3 nitrogen and oxygen atoms in total. The molecule has 0 saturated heterocycles. The average molecular weight is 292 g/mol. The molecule has 0 aliphatic rings. The van der Waals surface area contributed by atoms with Gasteiger partial charge in [-0.2, -0.15) is 13.2 Å². The van der Waals surface area contributed by atoms with Crippen LogP contribution in [0.25, 0.3) is 0 Å². The maximum absolute atomic E-state index is 12.2. The second-order valence-corrected chi connectivity index (χ2v) is 3.65. The molecule has 0 amide bonds. The molecule has 2 atom stereocenters. The van der Waals surface area contributed by atoms with E-state index in [0.29, 0.717) is 0 Å². The van der Waals surface area contributed by atoms with Crippen molar-refractivity contribution in [3.05, 3.63) is 28.8 Å². The fraction of sp³-hybridized carbons (Fsp3) is 0.333. The quantitative estimate of drug-likeness (QED) is 0.784. The number of benzene rings is 1. The van der Waals surface area contributed by atoms with Crippen LogP contribution < -0.4 is 5.73 Å². The third-order valence-corrected chi connectivity index (χ3v) is 2.26. The van der Waals surface area contributed by atoms with Gasteiger partial charge in [0.25, 0.3) is 0 Å². The highest BCUT2D eigenvalue weighted by Crippen LogP contribution is 2.33. The molecule has 0 aliphatic carbocycles. The van der Waals surface area contributed by atoms with Gasteiger partial charge in [0.15, 0.2) is 6.10 Å². The largest absolute Gasteiger partial charge is 0.508 e. The van der Waals surface area contributed by atoms with Gasteiger partial charge in [0, 0.05) is 10.6 Å². The van der Waals surface area contributed by atoms with Gasteiger partial charge in [-0.15, -0.1) is 12.4 Å². The van der Waals surface area contributed by atoms with Gasteiger partial charge in [-0.1, -0.05) is 11.6 Å². The Bertz CT molecular complexity index is 387. The zero-order valence-electron chi connectivity index (χ0n) is 8.28. The number of nitrogens with two attached hydrogens (primary N) is 1. The number of phenolic OH excluding ortho intramolecular Hbond substituents is 1. The van der Waals surface area contributed by atoms with E-state index in [4.69, 9.17) is 22.4 Å². The smallest absolute Gasteiger partial charge is 0.416 e. The molecule has 4 N–H and O–H groups in total. The zero-order valence-corrected chi connectivity index (χ0v) is 9.85. The number of rotatable bonds is 2. The molecule has 0 saturated carbocycles. The number of aliphatic hydroxyl groups excluding tert-OH is 1. The van der Waals surface area contributed by atoms with Crippen molar-refractivity contribution in [1.29, 1.82) is 0 Å². The van der Waals surface area contributed by atoms with E-state index in [-0.39, 0.29) is 23.0 Å². The highest BCUT2D eigenvalue weighted by molar-refractivity contribution is 6.30. The second kappa shape index (κ2) is 5.77. The van der Waals surface area contributed by atoms with E-state index in [1.807, 2.05) is 0 Å². The highest BCUT2D eigenvalue weighted by Gasteiger charge is 2.43. The van der Waals surface area contributed by atoms with E-state index in [0.717, 1.165) is 12.1 Å². The second-order valence-electron chi connectivity index (χ2n) is 3.22. The Kier molecular flexibility index (Phi) is 5.54. The van der Waals surface area contributed by atoms with Crippen LogP contribution in [0.1, 0.15) is 11.6 Å². The molecule has 0 fully saturated rings. The van der Waals surface area contributed by atoms with Crippen LogP contribution in [0.2, 0.25) is 5.02 Å². The van der Waals surface area contributed by atoms with Crippen molar-refractivity contribution < 1.29 is 23.4 Å². The average Bonchev–Trinajstić information content (AvgIpc) is 2.18. The first-order valence-electron chi connectivity index (χ1n) is 4.22. The van der Waals surface area contributed by atoms with Gasteiger partial charge in [-0.25, -0.2) is 0 Å². The first-order chi connectivity index (χ1) is 7.23. The van der Waals surface area contributed by atoms with Crippen LogP contribution >= 0.6 is 24.0 Å². The first kappa shape index (κ1) is 16.3. The first-order valence-corrected chi connectivity index (χ1v) is 4.60. The van der Waals surface area contributed by atoms with Crippen LogP contribution in [0, 0.1) is 0 Å². The van der Waals surface area contributed by atoms with Crippen molar-refractivity contribution in [2.45, 2.75) is 18.3 Å². The SMILES string of the molecule is Cl.N[C@H](c1cc(Cl)ccc1O)[C@@H](O)C(F)(F)F. The minimum atomic E-state index is -4.85. The van der Waals surface area contributed by atoms with E-state index in [2.05, 4.69) is 0 Å². The number of alkyl halides is 3. The van der Waals surface area contributed by atoms with Gasteiger partial charge in [0.05, 0.1) is 6.04 Å². The zero-order chi connectivity index (χ0) is 12.5. The summed E-state index contributed by atoms with van der Waals surface area (Å²) in [6, 6.07) is 1.71. The molecular weight excluding hydrogens is 282 g/mol. The van der Waals surface area contributed by atoms with Crippen LogP contribution in [0.3, 0.4) is 0 Å². The lowest BCUT2D eigenvalue weighted by Gasteiger charge is -2.22. The maximum atomic E-state index is 12.2. The number of hydrogen-bond donors (Lipinski definition) is 3. The molecule has 0 aromatic heterocycles. The molecule has 17 heavy (non-hydrogen) atoms. The minimum Gasteiger partial charge on any atom is -0.508 e. The molecule has 8 heteroatoms. The molecule has 98 valence electrons. The summed E-state index contributed by atoms with van der Waals surface area (Å²) in [6.07, 6.45) is -7.61. The van der Waals surface area contributed by atoms with Gasteiger partial charge in [0.2, 0.25) is 0 Å². The van der Waals surface area contributed by atoms with Crippen molar-refractivity contribution >= 4 is 24.0 Å². The van der Waals surface area contributed by atoms with Gasteiger partial charge in [-0.3, -0.25) is 0 Å². The Balaban J connectivity index is 0.00000256. The van der Waals surface area contributed by atoms with Crippen molar-refractivity contribution in [2.75, 3.05) is 0 Å². The van der Waals surface area contributed by atoms with Gasteiger partial charge >= 0.3 is 6.18 Å². The van der Waals surface area contributed by atoms with E-state index in [1.165, 1.54) is 6.07 Å². The van der Waals surface area contributed by atoms with Crippen molar-refractivity contribution in [3.63, 3.8) is 0 Å². The minimum absolute atomic E-state index is 0. The highest BCUT2D eigenvalue weighted by atomic mass is 35.5. The van der Waals surface area contributed by atoms with E-state index in [9.17, 15) is 18.3 Å². The molecule has 0 bridgehead atoms. The fourth-order valence-electron chi connectivity index (χ4n) is 1.17. The number of hydrogen-bond acceptors (Lipinski definition) is 3. The normalized spacial score (nSPS) is 14.9. The molecule has 0 spiro atoms. The van der Waals surface area contributed by atoms with Crippen LogP contribution in [-0.2, 0) is 0 Å². The summed E-state index contributed by atoms with van der Waals surface area (Å²) in [5.74, 6) is -0.444. The fourth-order valence-corrected chi connectivity index (χ4v) is 1.35. The molecule has 0 heterocycles. The van der Waals surface area contributed by atoms with Crippen LogP contribution in [0.15, 0.2) is 18.2 Å². The van der Waals surface area contributed by atoms with Crippen LogP contribution in [0.5, 0.6) is 5.75 Å².